The summed E-state index contributed by atoms with van der Waals surface area (Å²) in [6.07, 6.45) is 0.259. The molecule has 0 aliphatic rings. The van der Waals surface area contributed by atoms with Gasteiger partial charge in [-0.1, -0.05) is 64.1 Å². The molecule has 0 bridgehead atoms. The summed E-state index contributed by atoms with van der Waals surface area (Å²) in [4.78, 5) is 25.8. The van der Waals surface area contributed by atoms with E-state index in [2.05, 4.69) is 79.7 Å². The minimum atomic E-state index is -1.78. The van der Waals surface area contributed by atoms with Crippen LogP contribution in [-0.4, -0.2) is 42.5 Å². The second-order valence-corrected chi connectivity index (χ2v) is 14.6. The molecule has 34 heavy (non-hydrogen) atoms. The standard InChI is InChI=1S/C28H41N2O3P/c1-20(2)24(29-26(31)25(21(3)4)30-27(32)33-28(5,6)7)19-34(8,22-15-11-9-12-16-22)23-17-13-10-14-18-23/h9-18,20-21,24-25H,19H2,1-8H3,(H-,29,30,31,32)/p+1/t24-,25?/m1/s1. The average Bonchev–Trinajstić information content (AvgIpc) is 2.76. The number of nitrogens with one attached hydrogen (secondary N) is 2. The highest BCUT2D eigenvalue weighted by molar-refractivity contribution is 7.89. The van der Waals surface area contributed by atoms with Crippen molar-refractivity contribution in [2.24, 2.45) is 11.8 Å². The second kappa shape index (κ2) is 11.8. The van der Waals surface area contributed by atoms with Gasteiger partial charge in [-0.25, -0.2) is 4.79 Å². The van der Waals surface area contributed by atoms with Gasteiger partial charge in [0.1, 0.15) is 11.6 Å². The Morgan fingerprint density at radius 1 is 0.824 bits per heavy atom. The van der Waals surface area contributed by atoms with Gasteiger partial charge in [-0.15, -0.1) is 0 Å². The molecule has 0 aliphatic heterocycles. The zero-order chi connectivity index (χ0) is 25.5. The van der Waals surface area contributed by atoms with Gasteiger partial charge in [0, 0.05) is 0 Å². The van der Waals surface area contributed by atoms with Gasteiger partial charge in [0.15, 0.2) is 0 Å². The number of benzene rings is 2. The predicted octanol–water partition coefficient (Wildman–Crippen LogP) is 4.97. The molecule has 2 rings (SSSR count). The Kier molecular flexibility index (Phi) is 9.70. The van der Waals surface area contributed by atoms with E-state index in [9.17, 15) is 9.59 Å². The molecule has 2 aromatic carbocycles. The molecule has 0 saturated heterocycles. The lowest BCUT2D eigenvalue weighted by molar-refractivity contribution is -0.125. The van der Waals surface area contributed by atoms with Crippen molar-refractivity contribution in [3.8, 4) is 0 Å². The monoisotopic (exact) mass is 485 g/mol. The fourth-order valence-electron chi connectivity index (χ4n) is 3.93. The maximum absolute atomic E-state index is 13.4. The third-order valence-corrected chi connectivity index (χ3v) is 9.97. The summed E-state index contributed by atoms with van der Waals surface area (Å²) < 4.78 is 5.39. The minimum Gasteiger partial charge on any atom is -0.444 e. The molecule has 0 fully saturated rings. The minimum absolute atomic E-state index is 0.0482. The highest BCUT2D eigenvalue weighted by Crippen LogP contribution is 2.53. The van der Waals surface area contributed by atoms with Gasteiger partial charge in [-0.3, -0.25) is 4.79 Å². The number of ether oxygens (including phenoxy) is 1. The molecule has 0 saturated carbocycles. The normalized spacial score (nSPS) is 13.9. The molecule has 5 nitrogen and oxygen atoms in total. The van der Waals surface area contributed by atoms with Crippen molar-refractivity contribution in [3.63, 3.8) is 0 Å². The summed E-state index contributed by atoms with van der Waals surface area (Å²) >= 11 is 0. The maximum Gasteiger partial charge on any atom is 0.408 e. The molecule has 0 aromatic heterocycles. The molecule has 186 valence electrons. The number of amides is 2. The van der Waals surface area contributed by atoms with E-state index in [1.807, 2.05) is 46.8 Å². The molecular formula is C28H42N2O3P+. The van der Waals surface area contributed by atoms with Crippen LogP contribution in [0.4, 0.5) is 4.79 Å². The Hall–Kier alpha value is -2.39. The molecular weight excluding hydrogens is 443 g/mol. The first-order valence-corrected chi connectivity index (χ1v) is 14.5. The van der Waals surface area contributed by atoms with Crippen LogP contribution in [0.25, 0.3) is 0 Å². The number of hydrogen-bond acceptors (Lipinski definition) is 3. The first-order chi connectivity index (χ1) is 15.8. The zero-order valence-electron chi connectivity index (χ0n) is 22.0. The van der Waals surface area contributed by atoms with Gasteiger partial charge < -0.3 is 15.4 Å². The summed E-state index contributed by atoms with van der Waals surface area (Å²) in [6.45, 7) is 15.9. The highest BCUT2D eigenvalue weighted by Gasteiger charge is 2.41. The van der Waals surface area contributed by atoms with Crippen molar-refractivity contribution < 1.29 is 14.3 Å². The van der Waals surface area contributed by atoms with Crippen LogP contribution < -0.4 is 21.2 Å². The van der Waals surface area contributed by atoms with Gasteiger partial charge >= 0.3 is 6.09 Å². The largest absolute Gasteiger partial charge is 0.444 e. The predicted molar refractivity (Wildman–Crippen MR) is 145 cm³/mol. The van der Waals surface area contributed by atoms with Gasteiger partial charge in [0.05, 0.1) is 36.7 Å². The zero-order valence-corrected chi connectivity index (χ0v) is 22.9. The summed E-state index contributed by atoms with van der Waals surface area (Å²) in [5.74, 6) is -0.0259. The first-order valence-electron chi connectivity index (χ1n) is 12.1. The summed E-state index contributed by atoms with van der Waals surface area (Å²) in [5.41, 5.74) is -0.625. The van der Waals surface area contributed by atoms with Crippen LogP contribution in [0.2, 0.25) is 0 Å². The van der Waals surface area contributed by atoms with Crippen LogP contribution in [0.5, 0.6) is 0 Å². The number of carbonyl (C=O) groups excluding carboxylic acids is 2. The number of carbonyl (C=O) groups is 2. The van der Waals surface area contributed by atoms with Crippen LogP contribution in [0.3, 0.4) is 0 Å². The average molecular weight is 486 g/mol. The topological polar surface area (TPSA) is 67.4 Å². The molecule has 0 spiro atoms. The Morgan fingerprint density at radius 3 is 1.68 bits per heavy atom. The quantitative estimate of drug-likeness (QED) is 0.493. The van der Waals surface area contributed by atoms with E-state index >= 15 is 0 Å². The van der Waals surface area contributed by atoms with Crippen molar-refractivity contribution >= 4 is 29.9 Å². The second-order valence-electron chi connectivity index (χ2n) is 10.8. The van der Waals surface area contributed by atoms with Crippen LogP contribution in [0.15, 0.2) is 60.7 Å². The van der Waals surface area contributed by atoms with E-state index < -0.39 is 25.0 Å². The van der Waals surface area contributed by atoms with Gasteiger partial charge in [-0.05, 0) is 56.9 Å². The smallest absolute Gasteiger partial charge is 0.408 e. The molecule has 6 heteroatoms. The highest BCUT2D eigenvalue weighted by atomic mass is 31.2. The maximum atomic E-state index is 13.4. The lowest BCUT2D eigenvalue weighted by atomic mass is 10.0. The Labute approximate surface area is 206 Å². The van der Waals surface area contributed by atoms with E-state index in [0.717, 1.165) is 6.16 Å². The fraction of sp³-hybridized carbons (Fsp3) is 0.500. The summed E-state index contributed by atoms with van der Waals surface area (Å²) in [5, 5.41) is 8.69. The molecule has 2 amide bonds. The van der Waals surface area contributed by atoms with Crippen molar-refractivity contribution in [2.45, 2.75) is 66.2 Å². The van der Waals surface area contributed by atoms with Crippen molar-refractivity contribution in [1.82, 2.24) is 10.6 Å². The fourth-order valence-corrected chi connectivity index (χ4v) is 7.61. The lowest BCUT2D eigenvalue weighted by Crippen LogP contribution is -2.55. The Bertz CT molecular complexity index is 884. The third-order valence-electron chi connectivity index (χ3n) is 5.97. The summed E-state index contributed by atoms with van der Waals surface area (Å²) in [7, 11) is -1.78. The van der Waals surface area contributed by atoms with Crippen LogP contribution >= 0.6 is 7.26 Å². The molecule has 2 atom stereocenters. The SMILES string of the molecule is CC(C)C(NC(=O)OC(C)(C)C)C(=O)N[C@H](C[P+](C)(c1ccccc1)c1ccccc1)C(C)C. The third kappa shape index (κ3) is 7.84. The molecule has 0 heterocycles. The van der Waals surface area contributed by atoms with Crippen LogP contribution in [-0.2, 0) is 9.53 Å². The number of rotatable bonds is 9. The van der Waals surface area contributed by atoms with E-state index in [1.54, 1.807) is 0 Å². The van der Waals surface area contributed by atoms with Gasteiger partial charge in [0.25, 0.3) is 0 Å². The van der Waals surface area contributed by atoms with Gasteiger partial charge in [0.2, 0.25) is 5.91 Å². The van der Waals surface area contributed by atoms with Gasteiger partial charge in [-0.2, -0.15) is 0 Å². The van der Waals surface area contributed by atoms with Crippen molar-refractivity contribution in [3.05, 3.63) is 60.7 Å². The van der Waals surface area contributed by atoms with Crippen molar-refractivity contribution in [1.29, 1.82) is 0 Å². The molecule has 2 aromatic rings. The van der Waals surface area contributed by atoms with E-state index in [0.29, 0.717) is 0 Å². The number of hydrogen-bond donors (Lipinski definition) is 2. The number of alkyl carbamates (subject to hydrolysis) is 1. The molecule has 0 radical (unpaired) electrons. The van der Waals surface area contributed by atoms with E-state index in [-0.39, 0.29) is 23.8 Å². The van der Waals surface area contributed by atoms with Crippen molar-refractivity contribution in [2.75, 3.05) is 12.8 Å². The molecule has 2 N–H and O–H groups in total. The summed E-state index contributed by atoms with van der Waals surface area (Å²) in [6, 6.07) is 20.5. The first kappa shape index (κ1) is 27.9. The van der Waals surface area contributed by atoms with Crippen LogP contribution in [0.1, 0.15) is 48.5 Å². The Balaban J connectivity index is 2.29. The molecule has 1 unspecified atom stereocenters. The van der Waals surface area contributed by atoms with E-state index in [4.69, 9.17) is 4.74 Å². The lowest BCUT2D eigenvalue weighted by Gasteiger charge is -2.32. The van der Waals surface area contributed by atoms with E-state index in [1.165, 1.54) is 10.6 Å². The van der Waals surface area contributed by atoms with Crippen LogP contribution in [0, 0.1) is 11.8 Å². The Morgan fingerprint density at radius 2 is 1.29 bits per heavy atom. The molecule has 0 aliphatic carbocycles.